The minimum absolute atomic E-state index is 0.0246. The van der Waals surface area contributed by atoms with Gasteiger partial charge >= 0.3 is 0 Å². The predicted molar refractivity (Wildman–Crippen MR) is 40.3 cm³/mol. The SMILES string of the molecule is N#Cc1ncc(C(N)O)c(N)n1. The van der Waals surface area contributed by atoms with E-state index in [9.17, 15) is 0 Å². The Kier molecular flexibility index (Phi) is 2.19. The molecule has 0 saturated heterocycles. The van der Waals surface area contributed by atoms with Crippen LogP contribution in [0.2, 0.25) is 0 Å². The third kappa shape index (κ3) is 1.47. The van der Waals surface area contributed by atoms with E-state index < -0.39 is 6.23 Å². The third-order valence-corrected chi connectivity index (χ3v) is 1.27. The van der Waals surface area contributed by atoms with Gasteiger partial charge in [0.25, 0.3) is 0 Å². The Balaban J connectivity index is 3.14. The molecule has 0 spiro atoms. The molecule has 0 aliphatic heterocycles. The fraction of sp³-hybridized carbons (Fsp3) is 0.167. The Labute approximate surface area is 68.5 Å². The summed E-state index contributed by atoms with van der Waals surface area (Å²) in [6, 6.07) is 1.71. The van der Waals surface area contributed by atoms with Crippen molar-refractivity contribution in [3.63, 3.8) is 0 Å². The summed E-state index contributed by atoms with van der Waals surface area (Å²) in [5.74, 6) is -0.0200. The van der Waals surface area contributed by atoms with E-state index in [-0.39, 0.29) is 17.2 Å². The van der Waals surface area contributed by atoms with Gasteiger partial charge in [0.1, 0.15) is 18.1 Å². The number of aromatic nitrogens is 2. The predicted octanol–water partition coefficient (Wildman–Crippen LogP) is -1.12. The van der Waals surface area contributed by atoms with Gasteiger partial charge in [0.15, 0.2) is 0 Å². The van der Waals surface area contributed by atoms with Crippen LogP contribution in [-0.2, 0) is 0 Å². The fourth-order valence-electron chi connectivity index (χ4n) is 0.686. The van der Waals surface area contributed by atoms with E-state index in [1.807, 2.05) is 0 Å². The first-order valence-electron chi connectivity index (χ1n) is 3.11. The summed E-state index contributed by atoms with van der Waals surface area (Å²) in [6.07, 6.45) is 0.0173. The molecule has 0 bridgehead atoms. The van der Waals surface area contributed by atoms with Gasteiger partial charge < -0.3 is 16.6 Å². The van der Waals surface area contributed by atoms with Gasteiger partial charge in [-0.3, -0.25) is 0 Å². The molecule has 0 amide bonds. The number of hydrogen-bond acceptors (Lipinski definition) is 6. The van der Waals surface area contributed by atoms with Crippen LogP contribution in [0, 0.1) is 11.3 Å². The lowest BCUT2D eigenvalue weighted by Gasteiger charge is -2.05. The summed E-state index contributed by atoms with van der Waals surface area (Å²) in [5, 5.41) is 17.3. The molecule has 0 radical (unpaired) electrons. The number of nitrogens with two attached hydrogens (primary N) is 2. The summed E-state index contributed by atoms with van der Waals surface area (Å²) >= 11 is 0. The zero-order chi connectivity index (χ0) is 9.14. The van der Waals surface area contributed by atoms with Crippen LogP contribution in [0.4, 0.5) is 5.82 Å². The molecule has 6 heteroatoms. The molecule has 1 aromatic heterocycles. The number of nitrogen functional groups attached to an aromatic ring is 1. The molecule has 1 unspecified atom stereocenters. The second kappa shape index (κ2) is 3.13. The van der Waals surface area contributed by atoms with E-state index in [0.29, 0.717) is 0 Å². The number of hydrogen-bond donors (Lipinski definition) is 3. The number of anilines is 1. The summed E-state index contributed by atoms with van der Waals surface area (Å²) in [7, 11) is 0. The average Bonchev–Trinajstić information content (AvgIpc) is 2.03. The van der Waals surface area contributed by atoms with Crippen molar-refractivity contribution in [3.05, 3.63) is 17.6 Å². The van der Waals surface area contributed by atoms with Crippen molar-refractivity contribution in [1.29, 1.82) is 5.26 Å². The third-order valence-electron chi connectivity index (χ3n) is 1.27. The summed E-state index contributed by atoms with van der Waals surface area (Å²) in [5.41, 5.74) is 10.7. The maximum Gasteiger partial charge on any atom is 0.234 e. The molecular weight excluding hydrogens is 158 g/mol. The van der Waals surface area contributed by atoms with Crippen LogP contribution in [0.1, 0.15) is 17.6 Å². The van der Waals surface area contributed by atoms with E-state index >= 15 is 0 Å². The number of aliphatic hydroxyl groups excluding tert-OH is 1. The molecule has 6 nitrogen and oxygen atoms in total. The Bertz CT molecular complexity index is 329. The second-order valence-corrected chi connectivity index (χ2v) is 2.09. The highest BCUT2D eigenvalue weighted by Gasteiger charge is 2.08. The summed E-state index contributed by atoms with van der Waals surface area (Å²) in [6.45, 7) is 0. The van der Waals surface area contributed by atoms with Crippen molar-refractivity contribution >= 4 is 5.82 Å². The van der Waals surface area contributed by atoms with Crippen molar-refractivity contribution in [2.24, 2.45) is 5.73 Å². The summed E-state index contributed by atoms with van der Waals surface area (Å²) in [4.78, 5) is 7.17. The second-order valence-electron chi connectivity index (χ2n) is 2.09. The molecule has 0 aliphatic carbocycles. The summed E-state index contributed by atoms with van der Waals surface area (Å²) < 4.78 is 0. The molecule has 0 saturated carbocycles. The number of nitrogens with zero attached hydrogens (tertiary/aromatic N) is 3. The van der Waals surface area contributed by atoms with Crippen LogP contribution in [0.3, 0.4) is 0 Å². The van der Waals surface area contributed by atoms with Crippen LogP contribution >= 0.6 is 0 Å². The van der Waals surface area contributed by atoms with Gasteiger partial charge in [0.2, 0.25) is 5.82 Å². The molecular formula is C6H7N5O. The van der Waals surface area contributed by atoms with Crippen LogP contribution < -0.4 is 11.5 Å². The number of aliphatic hydroxyl groups is 1. The van der Waals surface area contributed by atoms with E-state index in [1.54, 1.807) is 6.07 Å². The van der Waals surface area contributed by atoms with Crippen molar-refractivity contribution in [2.45, 2.75) is 6.23 Å². The molecule has 0 aromatic carbocycles. The van der Waals surface area contributed by atoms with Crippen molar-refractivity contribution in [1.82, 2.24) is 9.97 Å². The van der Waals surface area contributed by atoms with E-state index in [4.69, 9.17) is 21.8 Å². The highest BCUT2D eigenvalue weighted by Crippen LogP contribution is 2.12. The highest BCUT2D eigenvalue weighted by molar-refractivity contribution is 5.40. The quantitative estimate of drug-likeness (QED) is 0.453. The van der Waals surface area contributed by atoms with Crippen LogP contribution in [0.5, 0.6) is 0 Å². The van der Waals surface area contributed by atoms with Crippen LogP contribution in [-0.4, -0.2) is 15.1 Å². The lowest BCUT2D eigenvalue weighted by atomic mass is 10.3. The van der Waals surface area contributed by atoms with Crippen molar-refractivity contribution < 1.29 is 5.11 Å². The molecule has 1 atom stereocenters. The Morgan fingerprint density at radius 1 is 1.67 bits per heavy atom. The molecule has 1 heterocycles. The Morgan fingerprint density at radius 3 is 2.75 bits per heavy atom. The minimum atomic E-state index is -1.21. The molecule has 12 heavy (non-hydrogen) atoms. The fourth-order valence-corrected chi connectivity index (χ4v) is 0.686. The number of rotatable bonds is 1. The average molecular weight is 165 g/mol. The van der Waals surface area contributed by atoms with Gasteiger partial charge in [0.05, 0.1) is 5.56 Å². The van der Waals surface area contributed by atoms with Gasteiger partial charge in [0, 0.05) is 6.20 Å². The molecule has 1 rings (SSSR count). The van der Waals surface area contributed by atoms with E-state index in [1.165, 1.54) is 6.20 Å². The zero-order valence-electron chi connectivity index (χ0n) is 6.10. The maximum absolute atomic E-state index is 8.90. The van der Waals surface area contributed by atoms with Crippen molar-refractivity contribution in [2.75, 3.05) is 5.73 Å². The van der Waals surface area contributed by atoms with E-state index in [2.05, 4.69) is 9.97 Å². The van der Waals surface area contributed by atoms with Crippen molar-refractivity contribution in [3.8, 4) is 6.07 Å². The van der Waals surface area contributed by atoms with Crippen LogP contribution in [0.25, 0.3) is 0 Å². The largest absolute Gasteiger partial charge is 0.383 e. The molecule has 0 aliphatic rings. The van der Waals surface area contributed by atoms with Gasteiger partial charge in [-0.2, -0.15) is 5.26 Å². The van der Waals surface area contributed by atoms with Gasteiger partial charge in [-0.1, -0.05) is 0 Å². The Morgan fingerprint density at radius 2 is 2.33 bits per heavy atom. The first-order chi connectivity index (χ1) is 5.65. The minimum Gasteiger partial charge on any atom is -0.383 e. The molecule has 0 fully saturated rings. The van der Waals surface area contributed by atoms with Crippen LogP contribution in [0.15, 0.2) is 6.20 Å². The normalized spacial score (nSPS) is 12.1. The van der Waals surface area contributed by atoms with Gasteiger partial charge in [-0.05, 0) is 0 Å². The number of nitriles is 1. The lowest BCUT2D eigenvalue weighted by Crippen LogP contribution is -2.13. The highest BCUT2D eigenvalue weighted by atomic mass is 16.3. The monoisotopic (exact) mass is 165 g/mol. The Hall–Kier alpha value is -1.71. The first-order valence-corrected chi connectivity index (χ1v) is 3.11. The van der Waals surface area contributed by atoms with Gasteiger partial charge in [-0.25, -0.2) is 9.97 Å². The topological polar surface area (TPSA) is 122 Å². The van der Waals surface area contributed by atoms with E-state index in [0.717, 1.165) is 0 Å². The standard InChI is InChI=1S/C6H7N5O/c7-1-4-10-2-3(6(9)12)5(8)11-4/h2,6,12H,9H2,(H2,8,10,11). The zero-order valence-corrected chi connectivity index (χ0v) is 6.10. The lowest BCUT2D eigenvalue weighted by molar-refractivity contribution is 0.186. The van der Waals surface area contributed by atoms with Gasteiger partial charge in [-0.15, -0.1) is 0 Å². The first kappa shape index (κ1) is 8.39. The maximum atomic E-state index is 8.90. The molecule has 1 aromatic rings. The molecule has 5 N–H and O–H groups in total. The smallest absolute Gasteiger partial charge is 0.234 e. The molecule has 62 valence electrons.